The summed E-state index contributed by atoms with van der Waals surface area (Å²) in [7, 11) is 0. The molecule has 0 aliphatic rings. The van der Waals surface area contributed by atoms with Crippen LogP contribution in [0.2, 0.25) is 0 Å². The van der Waals surface area contributed by atoms with Gasteiger partial charge in [0.25, 0.3) is 0 Å². The average Bonchev–Trinajstić information content (AvgIpc) is 3.49. The summed E-state index contributed by atoms with van der Waals surface area (Å²) in [5.74, 6) is -0.880. The van der Waals surface area contributed by atoms with Crippen LogP contribution in [0.3, 0.4) is 0 Å². The van der Waals surface area contributed by atoms with Gasteiger partial charge >= 0.3 is 17.9 Å². The first-order valence-corrected chi connectivity index (χ1v) is 35.7. The van der Waals surface area contributed by atoms with Crippen LogP contribution in [0.25, 0.3) is 0 Å². The van der Waals surface area contributed by atoms with E-state index >= 15 is 0 Å². The Morgan fingerprint density at radius 3 is 0.783 bits per heavy atom. The van der Waals surface area contributed by atoms with Gasteiger partial charge < -0.3 is 14.2 Å². The highest BCUT2D eigenvalue weighted by Gasteiger charge is 2.19. The molecule has 0 aromatic carbocycles. The van der Waals surface area contributed by atoms with E-state index in [1.807, 2.05) is 0 Å². The first-order chi connectivity index (χ1) is 41.0. The van der Waals surface area contributed by atoms with Crippen molar-refractivity contribution < 1.29 is 28.6 Å². The number of hydrogen-bond acceptors (Lipinski definition) is 6. The Labute approximate surface area is 515 Å². The van der Waals surface area contributed by atoms with Gasteiger partial charge in [-0.15, -0.1) is 0 Å². The SMILES string of the molecule is CC/C=C\C/C=C\C/C=C\C/C=C\CCCCCCCCCCCCCCCCCCC(=O)OCC(COC(=O)CCCCCCC/C=C\C/C=C\CCC)OC(=O)CCCCCCCCCCCCC/C=C\C/C=C\CCCCCCC. The van der Waals surface area contributed by atoms with E-state index in [4.69, 9.17) is 14.2 Å². The lowest BCUT2D eigenvalue weighted by Gasteiger charge is -2.18. The number of carbonyl (C=O) groups is 3. The second-order valence-electron chi connectivity index (χ2n) is 23.8. The van der Waals surface area contributed by atoms with Crippen LogP contribution in [0.1, 0.15) is 355 Å². The molecule has 0 aliphatic carbocycles. The maximum Gasteiger partial charge on any atom is 0.306 e. The maximum atomic E-state index is 13.0. The Balaban J connectivity index is 4.24. The van der Waals surface area contributed by atoms with Gasteiger partial charge in [-0.05, 0) is 116 Å². The zero-order chi connectivity index (χ0) is 59.9. The van der Waals surface area contributed by atoms with Crippen molar-refractivity contribution in [1.29, 1.82) is 0 Å². The monoisotopic (exact) mass is 1160 g/mol. The third-order valence-electron chi connectivity index (χ3n) is 15.5. The quantitative estimate of drug-likeness (QED) is 0.0261. The van der Waals surface area contributed by atoms with Gasteiger partial charge in [0.1, 0.15) is 13.2 Å². The van der Waals surface area contributed by atoms with Gasteiger partial charge in [0.05, 0.1) is 0 Å². The van der Waals surface area contributed by atoms with E-state index in [0.29, 0.717) is 19.3 Å². The predicted molar refractivity (Wildman–Crippen MR) is 362 cm³/mol. The van der Waals surface area contributed by atoms with Gasteiger partial charge in [-0.3, -0.25) is 14.4 Å². The van der Waals surface area contributed by atoms with Crippen LogP contribution < -0.4 is 0 Å². The summed E-state index contributed by atoms with van der Waals surface area (Å²) in [4.78, 5) is 38.4. The summed E-state index contributed by atoms with van der Waals surface area (Å²) < 4.78 is 17.0. The molecule has 0 bridgehead atoms. The molecule has 0 aliphatic heterocycles. The fourth-order valence-corrected chi connectivity index (χ4v) is 10.2. The fraction of sp³-hybridized carbons (Fsp3) is 0.753. The number of hydrogen-bond donors (Lipinski definition) is 0. The highest BCUT2D eigenvalue weighted by Crippen LogP contribution is 2.17. The highest BCUT2D eigenvalue weighted by atomic mass is 16.6. The van der Waals surface area contributed by atoms with Crippen molar-refractivity contribution in [1.82, 2.24) is 0 Å². The molecule has 1 unspecified atom stereocenters. The summed E-state index contributed by atoms with van der Waals surface area (Å²) in [5.41, 5.74) is 0. The summed E-state index contributed by atoms with van der Waals surface area (Å²) in [5, 5.41) is 0. The molecule has 6 heteroatoms. The molecule has 0 saturated heterocycles. The molecule has 0 N–H and O–H groups in total. The molecule has 478 valence electrons. The summed E-state index contributed by atoms with van der Waals surface area (Å²) in [6.45, 7) is 6.48. The lowest BCUT2D eigenvalue weighted by molar-refractivity contribution is -0.167. The molecule has 0 saturated carbocycles. The molecule has 0 fully saturated rings. The lowest BCUT2D eigenvalue weighted by atomic mass is 10.0. The minimum absolute atomic E-state index is 0.0800. The smallest absolute Gasteiger partial charge is 0.306 e. The third-order valence-corrected chi connectivity index (χ3v) is 15.5. The van der Waals surface area contributed by atoms with Crippen molar-refractivity contribution in [3.05, 3.63) is 97.2 Å². The summed E-state index contributed by atoms with van der Waals surface area (Å²) >= 11 is 0. The third kappa shape index (κ3) is 69.0. The number of carbonyl (C=O) groups excluding carboxylic acids is 3. The molecule has 83 heavy (non-hydrogen) atoms. The molecular weight excluding hydrogens is 1020 g/mol. The second kappa shape index (κ2) is 70.8. The minimum atomic E-state index is -0.785. The molecule has 0 radical (unpaired) electrons. The van der Waals surface area contributed by atoms with E-state index in [1.165, 1.54) is 199 Å². The second-order valence-corrected chi connectivity index (χ2v) is 23.8. The Hall–Kier alpha value is -3.67. The van der Waals surface area contributed by atoms with Crippen LogP contribution in [-0.2, 0) is 28.6 Å². The van der Waals surface area contributed by atoms with Crippen LogP contribution in [-0.4, -0.2) is 37.2 Å². The van der Waals surface area contributed by atoms with Crippen LogP contribution in [0.4, 0.5) is 0 Å². The Morgan fingerprint density at radius 2 is 0.494 bits per heavy atom. The van der Waals surface area contributed by atoms with Gasteiger partial charge in [0.15, 0.2) is 6.10 Å². The number of unbranched alkanes of at least 4 members (excludes halogenated alkanes) is 38. The molecule has 1 atom stereocenters. The van der Waals surface area contributed by atoms with Gasteiger partial charge in [-0.1, -0.05) is 317 Å². The average molecular weight is 1160 g/mol. The van der Waals surface area contributed by atoms with E-state index in [9.17, 15) is 14.4 Å². The van der Waals surface area contributed by atoms with Crippen molar-refractivity contribution in [2.75, 3.05) is 13.2 Å². The molecule has 0 aromatic heterocycles. The number of rotatable bonds is 65. The number of esters is 3. The molecule has 6 nitrogen and oxygen atoms in total. The Kier molecular flexibility index (Phi) is 67.7. The van der Waals surface area contributed by atoms with Crippen LogP contribution in [0.15, 0.2) is 97.2 Å². The summed E-state index contributed by atoms with van der Waals surface area (Å²) in [6.07, 6.45) is 95.8. The van der Waals surface area contributed by atoms with Gasteiger partial charge in [0, 0.05) is 19.3 Å². The standard InChI is InChI=1S/C77H134O6/c1-4-7-10-13-16-19-22-25-27-29-31-33-35-36-37-38-39-40-42-43-45-47-49-52-55-58-61-64-67-70-76(79)82-73-74(72-81-75(78)69-66-63-60-57-54-51-24-21-18-15-12-9-6-3)83-77(80)71-68-65-62-59-56-53-50-48-46-44-41-34-32-30-28-26-23-20-17-14-11-8-5-2/h7,10,12,15-16,19,21,23-27,30-33,74H,4-6,8-9,11,13-14,17-18,20,22,28-29,34-73H2,1-3H3/b10-7-,15-12-,19-16-,24-21-,26-23-,27-25-,32-30-,33-31-. The molecule has 0 spiro atoms. The van der Waals surface area contributed by atoms with E-state index in [-0.39, 0.29) is 31.1 Å². The van der Waals surface area contributed by atoms with Crippen molar-refractivity contribution in [3.63, 3.8) is 0 Å². The minimum Gasteiger partial charge on any atom is -0.462 e. The molecule has 0 aromatic rings. The van der Waals surface area contributed by atoms with E-state index < -0.39 is 6.10 Å². The van der Waals surface area contributed by atoms with Gasteiger partial charge in [0.2, 0.25) is 0 Å². The summed E-state index contributed by atoms with van der Waals surface area (Å²) in [6, 6.07) is 0. The van der Waals surface area contributed by atoms with Gasteiger partial charge in [-0.2, -0.15) is 0 Å². The molecule has 0 rings (SSSR count). The lowest BCUT2D eigenvalue weighted by Crippen LogP contribution is -2.30. The van der Waals surface area contributed by atoms with Crippen molar-refractivity contribution in [3.8, 4) is 0 Å². The normalized spacial score (nSPS) is 12.7. The zero-order valence-electron chi connectivity index (χ0n) is 54.9. The van der Waals surface area contributed by atoms with Gasteiger partial charge in [-0.25, -0.2) is 0 Å². The highest BCUT2D eigenvalue weighted by molar-refractivity contribution is 5.71. The maximum absolute atomic E-state index is 13.0. The molecular formula is C77H134O6. The van der Waals surface area contributed by atoms with Crippen LogP contribution >= 0.6 is 0 Å². The van der Waals surface area contributed by atoms with E-state index in [2.05, 4.69) is 118 Å². The predicted octanol–water partition coefficient (Wildman–Crippen LogP) is 24.8. The number of allylic oxidation sites excluding steroid dienone is 16. The topological polar surface area (TPSA) is 78.9 Å². The van der Waals surface area contributed by atoms with Crippen molar-refractivity contribution >= 4 is 17.9 Å². The van der Waals surface area contributed by atoms with Crippen molar-refractivity contribution in [2.45, 2.75) is 361 Å². The number of ether oxygens (including phenoxy) is 3. The fourth-order valence-electron chi connectivity index (χ4n) is 10.2. The molecule has 0 heterocycles. The van der Waals surface area contributed by atoms with E-state index in [0.717, 1.165) is 116 Å². The van der Waals surface area contributed by atoms with Crippen LogP contribution in [0, 0.1) is 0 Å². The largest absolute Gasteiger partial charge is 0.462 e. The first kappa shape index (κ1) is 79.3. The van der Waals surface area contributed by atoms with E-state index in [1.54, 1.807) is 0 Å². The molecule has 0 amide bonds. The van der Waals surface area contributed by atoms with Crippen LogP contribution in [0.5, 0.6) is 0 Å². The van der Waals surface area contributed by atoms with Crippen molar-refractivity contribution in [2.24, 2.45) is 0 Å². The Morgan fingerprint density at radius 1 is 0.253 bits per heavy atom. The Bertz CT molecular complexity index is 1610. The zero-order valence-corrected chi connectivity index (χ0v) is 54.9. The first-order valence-electron chi connectivity index (χ1n) is 35.7.